The zero-order valence-electron chi connectivity index (χ0n) is 73.2. The number of hydrogen-bond acceptors (Lipinski definition) is 19. The lowest BCUT2D eigenvalue weighted by molar-refractivity contribution is -0.226. The second kappa shape index (κ2) is 42.7. The van der Waals surface area contributed by atoms with E-state index in [2.05, 4.69) is 27.7 Å². The highest BCUT2D eigenvalue weighted by atomic mass is 16.7. The SMILES string of the molecule is C.C.C.C.C.C.C.C.C.C.C.C.CCC(C)(C)C(=O)OC1(C)C2CC3CC(C2)CC1C3.CCC(C)(C)C(=O)OC1(CC)C2CC3CC(C2)CC1C3.CCC(C)(C)C(=O)OC12CC3CC(CC(O)(C3)C1)C2.CCC(C)(C)C(=O)OC12CC3CC(CC(O)(C3)C1)C2.CCC(C)(C)C(=O)OC1C2CC3C(=O)OC1C3C2.CCC(C)(C)C(=O)OC1C2CC3C(=O)OC1C3O2. The van der Waals surface area contributed by atoms with Gasteiger partial charge in [-0.2, -0.15) is 0 Å². The highest BCUT2D eigenvalue weighted by molar-refractivity contribution is 5.81. The molecule has 18 aliphatic carbocycles. The number of ether oxygens (including phenoxy) is 9. The minimum Gasteiger partial charge on any atom is -0.459 e. The van der Waals surface area contributed by atoms with Crippen LogP contribution in [0.15, 0.2) is 0 Å². The summed E-state index contributed by atoms with van der Waals surface area (Å²) in [6.07, 6.45) is 31.2. The van der Waals surface area contributed by atoms with Crippen molar-refractivity contribution in [2.45, 2.75) is 503 Å². The second-order valence-electron chi connectivity index (χ2n) is 44.8. The number of carbonyl (C=O) groups is 8. The summed E-state index contributed by atoms with van der Waals surface area (Å²) < 4.78 is 51.9. The van der Waals surface area contributed by atoms with Crippen LogP contribution in [0.1, 0.15) is 433 Å². The average Bonchev–Trinajstić information content (AvgIpc) is 1.37. The molecule has 18 saturated carbocycles. The van der Waals surface area contributed by atoms with Crippen LogP contribution in [0.2, 0.25) is 0 Å². The molecule has 22 fully saturated rings. The number of rotatable bonds is 19. The first-order chi connectivity index (χ1) is 52.6. The molecule has 19 nitrogen and oxygen atoms in total. The van der Waals surface area contributed by atoms with Gasteiger partial charge in [-0.3, -0.25) is 38.4 Å². The lowest BCUT2D eigenvalue weighted by Gasteiger charge is -2.60. The van der Waals surface area contributed by atoms with Gasteiger partial charge < -0.3 is 52.8 Å². The van der Waals surface area contributed by atoms with Crippen molar-refractivity contribution in [3.8, 4) is 0 Å². The third-order valence-corrected chi connectivity index (χ3v) is 34.3. The van der Waals surface area contributed by atoms with Gasteiger partial charge in [-0.15, -0.1) is 0 Å². The summed E-state index contributed by atoms with van der Waals surface area (Å²) in [7, 11) is 0. The predicted molar refractivity (Wildman–Crippen MR) is 506 cm³/mol. The fourth-order valence-corrected chi connectivity index (χ4v) is 25.8. The van der Waals surface area contributed by atoms with Crippen LogP contribution in [-0.4, -0.2) is 128 Å². The van der Waals surface area contributed by atoms with Gasteiger partial charge in [-0.1, -0.05) is 138 Å². The molecule has 22 aliphatic rings. The first kappa shape index (κ1) is 119. The molecule has 0 aromatic heterocycles. The van der Waals surface area contributed by atoms with Gasteiger partial charge in [0.1, 0.15) is 40.7 Å². The molecule has 734 valence electrons. The van der Waals surface area contributed by atoms with E-state index in [0.29, 0.717) is 84.9 Å². The molecule has 4 aliphatic heterocycles. The largest absolute Gasteiger partial charge is 0.459 e. The maximum Gasteiger partial charge on any atom is 0.312 e. The lowest BCUT2D eigenvalue weighted by Crippen LogP contribution is -2.61. The van der Waals surface area contributed by atoms with E-state index >= 15 is 0 Å². The molecular weight excluding hydrogens is 1580 g/mol. The van der Waals surface area contributed by atoms with E-state index < -0.39 is 45.1 Å². The minimum absolute atomic E-state index is 0. The first-order valence-corrected chi connectivity index (χ1v) is 45.5. The fraction of sp³-hybridized carbons (Fsp3) is 0.925. The molecule has 22 rings (SSSR count). The van der Waals surface area contributed by atoms with Crippen molar-refractivity contribution in [2.24, 2.45) is 127 Å². The van der Waals surface area contributed by atoms with Crippen LogP contribution < -0.4 is 0 Å². The Kier molecular flexibility index (Phi) is 40.5. The van der Waals surface area contributed by atoms with Crippen LogP contribution >= 0.6 is 0 Å². The Morgan fingerprint density at radius 2 is 0.648 bits per heavy atom. The number of hydrogen-bond donors (Lipinski definition) is 2. The van der Waals surface area contributed by atoms with Gasteiger partial charge in [0.2, 0.25) is 0 Å². The Hall–Kier alpha value is -4.36. The normalized spacial score (nSPS) is 38.9. The molecule has 0 aromatic carbocycles. The Morgan fingerprint density at radius 1 is 0.344 bits per heavy atom. The van der Waals surface area contributed by atoms with Crippen molar-refractivity contribution in [3.63, 3.8) is 0 Å². The third-order valence-electron chi connectivity index (χ3n) is 34.3. The monoisotopic (exact) mass is 1770 g/mol. The molecule has 0 amide bonds. The van der Waals surface area contributed by atoms with E-state index in [0.717, 1.165) is 126 Å². The quantitative estimate of drug-likeness (QED) is 0.0899. The molecule has 0 spiro atoms. The van der Waals surface area contributed by atoms with E-state index in [1.165, 1.54) is 77.0 Å². The maximum absolute atomic E-state index is 12.6. The number of aliphatic hydroxyl groups is 2. The van der Waals surface area contributed by atoms with E-state index in [4.69, 9.17) is 42.6 Å². The summed E-state index contributed by atoms with van der Waals surface area (Å²) in [5.41, 5.74) is -4.58. The average molecular weight is 1770 g/mol. The fourth-order valence-electron chi connectivity index (χ4n) is 25.8. The molecule has 2 N–H and O–H groups in total. The molecule has 0 radical (unpaired) electrons. The van der Waals surface area contributed by atoms with Crippen molar-refractivity contribution in [3.05, 3.63) is 0 Å². The molecule has 4 heterocycles. The summed E-state index contributed by atoms with van der Waals surface area (Å²) in [6.45, 7) is 39.9. The molecule has 4 saturated heterocycles. The molecule has 14 atom stereocenters. The van der Waals surface area contributed by atoms with Crippen LogP contribution in [0.4, 0.5) is 0 Å². The van der Waals surface area contributed by atoms with E-state index in [-0.39, 0.29) is 206 Å². The van der Waals surface area contributed by atoms with E-state index in [9.17, 15) is 48.6 Å². The number of carbonyl (C=O) groups excluding carboxylic acids is 8. The Balaban J connectivity index is 0.000000736. The van der Waals surface area contributed by atoms with Gasteiger partial charge in [0.15, 0.2) is 12.2 Å². The standard InChI is InChI=1S/C18H30O2.C17H28O2.2C16H26O3.C14H20O4.C13H18O5.12CH4/c1-5-17(3,4)16(19)20-18(6-2)14-8-12-7-13(10-14)11-15(18)9-12;1-5-16(2,3)15(18)19-17(4)13-7-11-6-12(9-13)10-14(17)8-11;2*1-4-14(2,3)13(17)19-16-8-11-5-12(9-16)7-15(18,6-11)10-16;1-4-14(2,3)13(16)18-10-7-5-8-9(6-7)12(15)17-11(8)10;1-4-13(2,3)12(15)18-9-7-5-6-8(16-7)10(9)17-11(6)14;;;;;;;;;;;;/h12-15H,5-11H2,1-4H3;11-14H,5-10H2,1-4H3;2*11-12,18H,4-10H2,1-3H3;7-11H,4-6H2,1-3H3;6-10H,4-5H2,1-3H3;12*1H4. The Morgan fingerprint density at radius 3 is 0.992 bits per heavy atom. The summed E-state index contributed by atoms with van der Waals surface area (Å²) >= 11 is 0. The van der Waals surface area contributed by atoms with Crippen LogP contribution in [-0.2, 0) is 81.0 Å². The molecule has 20 bridgehead atoms. The molecule has 14 unspecified atom stereocenters. The van der Waals surface area contributed by atoms with Gasteiger partial charge in [-0.25, -0.2) is 0 Å². The smallest absolute Gasteiger partial charge is 0.312 e. The van der Waals surface area contributed by atoms with Crippen LogP contribution in [0.25, 0.3) is 0 Å². The van der Waals surface area contributed by atoms with Crippen LogP contribution in [0.5, 0.6) is 0 Å². The van der Waals surface area contributed by atoms with Crippen LogP contribution in [0, 0.1) is 127 Å². The topological polar surface area (TPSA) is 260 Å². The molecule has 0 aromatic rings. The van der Waals surface area contributed by atoms with Gasteiger partial charge in [0, 0.05) is 24.7 Å². The van der Waals surface area contributed by atoms with Gasteiger partial charge >= 0.3 is 47.8 Å². The Bertz CT molecular complexity index is 3320. The summed E-state index contributed by atoms with van der Waals surface area (Å²) in [6, 6.07) is 0. The summed E-state index contributed by atoms with van der Waals surface area (Å²) in [5, 5.41) is 21.3. The highest BCUT2D eigenvalue weighted by Gasteiger charge is 2.68. The van der Waals surface area contributed by atoms with Gasteiger partial charge in [0.05, 0.1) is 61.6 Å². The molecular formula is C106H196O19. The van der Waals surface area contributed by atoms with Crippen molar-refractivity contribution < 1.29 is 91.2 Å². The molecule has 19 heteroatoms. The minimum atomic E-state index is -0.555. The highest BCUT2D eigenvalue weighted by Crippen LogP contribution is 2.65. The Labute approximate surface area is 765 Å². The van der Waals surface area contributed by atoms with Crippen molar-refractivity contribution >= 4 is 47.8 Å². The maximum atomic E-state index is 12.6. The number of fused-ring (bicyclic) bond motifs is 2. The van der Waals surface area contributed by atoms with Gasteiger partial charge in [0.25, 0.3) is 0 Å². The van der Waals surface area contributed by atoms with E-state index in [1.54, 1.807) is 0 Å². The van der Waals surface area contributed by atoms with Gasteiger partial charge in [-0.05, 0) is 354 Å². The third kappa shape index (κ3) is 22.9. The zero-order valence-corrected chi connectivity index (χ0v) is 73.2. The van der Waals surface area contributed by atoms with E-state index in [1.807, 2.05) is 111 Å². The van der Waals surface area contributed by atoms with Crippen molar-refractivity contribution in [1.82, 2.24) is 0 Å². The first-order valence-electron chi connectivity index (χ1n) is 45.5. The zero-order chi connectivity index (χ0) is 82.3. The lowest BCUT2D eigenvalue weighted by atomic mass is 9.49. The molecule has 125 heavy (non-hydrogen) atoms. The number of esters is 8. The van der Waals surface area contributed by atoms with Crippen molar-refractivity contribution in [1.29, 1.82) is 0 Å². The summed E-state index contributed by atoms with van der Waals surface area (Å²) in [5.74, 6) is 8.21. The van der Waals surface area contributed by atoms with Crippen LogP contribution in [0.3, 0.4) is 0 Å². The van der Waals surface area contributed by atoms with Crippen molar-refractivity contribution in [2.75, 3.05) is 0 Å². The predicted octanol–water partition coefficient (Wildman–Crippen LogP) is 25.4. The summed E-state index contributed by atoms with van der Waals surface area (Å²) in [4.78, 5) is 97.2. The second-order valence-corrected chi connectivity index (χ2v) is 44.8.